The van der Waals surface area contributed by atoms with Gasteiger partial charge >= 0.3 is 0 Å². The lowest BCUT2D eigenvalue weighted by Crippen LogP contribution is -2.36. The van der Waals surface area contributed by atoms with Crippen LogP contribution in [0.15, 0.2) is 35.5 Å². The predicted octanol–water partition coefficient (Wildman–Crippen LogP) is 3.70. The molecule has 0 bridgehead atoms. The summed E-state index contributed by atoms with van der Waals surface area (Å²) >= 11 is 1.55. The molecule has 6 heteroatoms. The van der Waals surface area contributed by atoms with Crippen LogP contribution in [0.4, 0.5) is 0 Å². The zero-order valence-corrected chi connectivity index (χ0v) is 17.9. The fourth-order valence-corrected chi connectivity index (χ4v) is 4.34. The number of likely N-dealkylation sites (tertiary alicyclic amines) is 1. The summed E-state index contributed by atoms with van der Waals surface area (Å²) in [6, 6.07) is 10.8. The highest BCUT2D eigenvalue weighted by atomic mass is 32.2. The number of carbonyl (C=O) groups is 1. The first-order valence-corrected chi connectivity index (χ1v) is 11.2. The molecule has 150 valence electrons. The molecule has 1 amide bonds. The van der Waals surface area contributed by atoms with Crippen LogP contribution in [0.5, 0.6) is 0 Å². The number of carbonyl (C=O) groups excluding carboxylic acids is 1. The minimum Gasteiger partial charge on any atom is -0.354 e. The summed E-state index contributed by atoms with van der Waals surface area (Å²) in [4.78, 5) is 24.0. The highest BCUT2D eigenvalue weighted by Gasteiger charge is 2.23. The number of nitrogens with zero attached hydrogens (tertiary/aromatic N) is 3. The fourth-order valence-electron chi connectivity index (χ4n) is 3.89. The summed E-state index contributed by atoms with van der Waals surface area (Å²) in [5, 5.41) is 3.96. The Morgan fingerprint density at radius 3 is 2.39 bits per heavy atom. The van der Waals surface area contributed by atoms with Gasteiger partial charge in [-0.05, 0) is 63.6 Å². The van der Waals surface area contributed by atoms with Crippen LogP contribution in [0.2, 0.25) is 0 Å². The molecule has 0 aliphatic carbocycles. The van der Waals surface area contributed by atoms with Crippen LogP contribution >= 0.6 is 11.8 Å². The standard InChI is InChI=1S/C22H30N4OS/c1-16-19(17(2)25-22(24-16)28-3)11-12-21(27)23-15-20(26-13-7-8-14-26)18-9-5-4-6-10-18/h4-6,9-10,20H,7-8,11-15H2,1-3H3,(H,23,27). The Kier molecular flexibility index (Phi) is 7.45. The van der Waals surface area contributed by atoms with Crippen LogP contribution in [0.25, 0.3) is 0 Å². The normalized spacial score (nSPS) is 15.5. The van der Waals surface area contributed by atoms with E-state index in [4.69, 9.17) is 0 Å². The van der Waals surface area contributed by atoms with Crippen molar-refractivity contribution < 1.29 is 4.79 Å². The number of aryl methyl sites for hydroxylation is 2. The summed E-state index contributed by atoms with van der Waals surface area (Å²) in [5.41, 5.74) is 4.32. The van der Waals surface area contributed by atoms with Crippen molar-refractivity contribution in [3.8, 4) is 0 Å². The number of nitrogens with one attached hydrogen (secondary N) is 1. The Balaban J connectivity index is 1.58. The third-order valence-corrected chi connectivity index (χ3v) is 5.99. The van der Waals surface area contributed by atoms with Gasteiger partial charge in [-0.2, -0.15) is 0 Å². The van der Waals surface area contributed by atoms with Crippen molar-refractivity contribution in [2.75, 3.05) is 25.9 Å². The Bertz CT molecular complexity index is 767. The van der Waals surface area contributed by atoms with Gasteiger partial charge in [-0.25, -0.2) is 9.97 Å². The van der Waals surface area contributed by atoms with Gasteiger partial charge < -0.3 is 5.32 Å². The molecular formula is C22H30N4OS. The zero-order valence-electron chi connectivity index (χ0n) is 17.1. The number of rotatable bonds is 8. The van der Waals surface area contributed by atoms with E-state index in [0.29, 0.717) is 19.4 Å². The molecular weight excluding hydrogens is 368 g/mol. The van der Waals surface area contributed by atoms with Gasteiger partial charge in [0, 0.05) is 24.4 Å². The molecule has 1 aliphatic rings. The minimum atomic E-state index is 0.0906. The second kappa shape index (κ2) is 10.0. The third-order valence-electron chi connectivity index (χ3n) is 5.44. The maximum absolute atomic E-state index is 12.5. The summed E-state index contributed by atoms with van der Waals surface area (Å²) < 4.78 is 0. The lowest BCUT2D eigenvalue weighted by molar-refractivity contribution is -0.121. The van der Waals surface area contributed by atoms with Crippen molar-refractivity contribution in [3.05, 3.63) is 52.8 Å². The number of amides is 1. The molecule has 5 nitrogen and oxygen atoms in total. The molecule has 2 heterocycles. The van der Waals surface area contributed by atoms with Crippen molar-refractivity contribution in [1.29, 1.82) is 0 Å². The van der Waals surface area contributed by atoms with Crippen molar-refractivity contribution in [2.45, 2.75) is 50.7 Å². The SMILES string of the molecule is CSc1nc(C)c(CCC(=O)NCC(c2ccccc2)N2CCCC2)c(C)n1. The lowest BCUT2D eigenvalue weighted by Gasteiger charge is -2.28. The van der Waals surface area contributed by atoms with Gasteiger partial charge in [0.15, 0.2) is 5.16 Å². The van der Waals surface area contributed by atoms with Crippen molar-refractivity contribution >= 4 is 17.7 Å². The van der Waals surface area contributed by atoms with Gasteiger partial charge in [0.05, 0.1) is 6.04 Å². The van der Waals surface area contributed by atoms with Gasteiger partial charge in [-0.15, -0.1) is 0 Å². The van der Waals surface area contributed by atoms with E-state index in [9.17, 15) is 4.79 Å². The molecule has 1 unspecified atom stereocenters. The monoisotopic (exact) mass is 398 g/mol. The molecule has 28 heavy (non-hydrogen) atoms. The van der Waals surface area contributed by atoms with Gasteiger partial charge in [0.1, 0.15) is 0 Å². The number of hydrogen-bond acceptors (Lipinski definition) is 5. The van der Waals surface area contributed by atoms with Crippen LogP contribution < -0.4 is 5.32 Å². The van der Waals surface area contributed by atoms with Crippen LogP contribution in [0, 0.1) is 13.8 Å². The molecule has 0 spiro atoms. The second-order valence-electron chi connectivity index (χ2n) is 7.33. The van der Waals surface area contributed by atoms with Crippen molar-refractivity contribution in [3.63, 3.8) is 0 Å². The van der Waals surface area contributed by atoms with Crippen LogP contribution in [0.1, 0.15) is 47.8 Å². The van der Waals surface area contributed by atoms with Crippen molar-refractivity contribution in [1.82, 2.24) is 20.2 Å². The number of thioether (sulfide) groups is 1. The number of aromatic nitrogens is 2. The van der Waals surface area contributed by atoms with E-state index < -0.39 is 0 Å². The maximum Gasteiger partial charge on any atom is 0.220 e. The zero-order chi connectivity index (χ0) is 19.9. The van der Waals surface area contributed by atoms with E-state index in [0.717, 1.165) is 35.2 Å². The molecule has 1 atom stereocenters. The molecule has 3 rings (SSSR count). The van der Waals surface area contributed by atoms with Crippen LogP contribution in [-0.2, 0) is 11.2 Å². The van der Waals surface area contributed by atoms with Gasteiger partial charge in [-0.1, -0.05) is 42.1 Å². The maximum atomic E-state index is 12.5. The third kappa shape index (κ3) is 5.32. The van der Waals surface area contributed by atoms with E-state index in [-0.39, 0.29) is 11.9 Å². The minimum absolute atomic E-state index is 0.0906. The Labute approximate surface area is 172 Å². The summed E-state index contributed by atoms with van der Waals surface area (Å²) in [6.07, 6.45) is 5.59. The molecule has 1 aromatic heterocycles. The molecule has 1 aliphatic heterocycles. The van der Waals surface area contributed by atoms with Gasteiger partial charge in [-0.3, -0.25) is 9.69 Å². The first-order valence-electron chi connectivity index (χ1n) is 10.0. The highest BCUT2D eigenvalue weighted by molar-refractivity contribution is 7.98. The molecule has 0 radical (unpaired) electrons. The highest BCUT2D eigenvalue weighted by Crippen LogP contribution is 2.24. The molecule has 2 aromatic rings. The Morgan fingerprint density at radius 1 is 1.14 bits per heavy atom. The topological polar surface area (TPSA) is 58.1 Å². The van der Waals surface area contributed by atoms with E-state index in [2.05, 4.69) is 44.5 Å². The smallest absolute Gasteiger partial charge is 0.220 e. The summed E-state index contributed by atoms with van der Waals surface area (Å²) in [6.45, 7) is 6.86. The quantitative estimate of drug-likeness (QED) is 0.543. The summed E-state index contributed by atoms with van der Waals surface area (Å²) in [5.74, 6) is 0.0906. The fraction of sp³-hybridized carbons (Fsp3) is 0.500. The Morgan fingerprint density at radius 2 is 1.79 bits per heavy atom. The largest absolute Gasteiger partial charge is 0.354 e. The summed E-state index contributed by atoms with van der Waals surface area (Å²) in [7, 11) is 0. The molecule has 0 saturated carbocycles. The molecule has 1 saturated heterocycles. The average molecular weight is 399 g/mol. The first-order chi connectivity index (χ1) is 13.6. The Hall–Kier alpha value is -1.92. The first kappa shape index (κ1) is 20.8. The molecule has 1 N–H and O–H groups in total. The van der Waals surface area contributed by atoms with Gasteiger partial charge in [0.2, 0.25) is 5.91 Å². The number of benzene rings is 1. The van der Waals surface area contributed by atoms with E-state index >= 15 is 0 Å². The number of hydrogen-bond donors (Lipinski definition) is 1. The van der Waals surface area contributed by atoms with Crippen LogP contribution in [0.3, 0.4) is 0 Å². The molecule has 1 fully saturated rings. The van der Waals surface area contributed by atoms with Crippen molar-refractivity contribution in [2.24, 2.45) is 0 Å². The lowest BCUT2D eigenvalue weighted by atomic mass is 10.0. The van der Waals surface area contributed by atoms with Gasteiger partial charge in [0.25, 0.3) is 0 Å². The molecule has 1 aromatic carbocycles. The van der Waals surface area contributed by atoms with E-state index in [1.165, 1.54) is 18.4 Å². The van der Waals surface area contributed by atoms with E-state index in [1.807, 2.05) is 26.2 Å². The average Bonchev–Trinajstić information content (AvgIpc) is 3.22. The second-order valence-corrected chi connectivity index (χ2v) is 8.11. The van der Waals surface area contributed by atoms with Crippen LogP contribution in [-0.4, -0.2) is 46.7 Å². The van der Waals surface area contributed by atoms with E-state index in [1.54, 1.807) is 11.8 Å². The predicted molar refractivity (Wildman–Crippen MR) is 115 cm³/mol.